The molecule has 0 heterocycles. The number of rotatable bonds is 4. The summed E-state index contributed by atoms with van der Waals surface area (Å²) in [6.07, 6.45) is -3.19. The van der Waals surface area contributed by atoms with E-state index in [2.05, 4.69) is 5.32 Å². The van der Waals surface area contributed by atoms with Gasteiger partial charge in [0, 0.05) is 18.9 Å². The van der Waals surface area contributed by atoms with Crippen LogP contribution in [0.3, 0.4) is 0 Å². The molecule has 1 amide bonds. The van der Waals surface area contributed by atoms with Crippen molar-refractivity contribution in [3.8, 4) is 0 Å². The molecule has 1 rings (SSSR count). The highest BCUT2D eigenvalue weighted by Crippen LogP contribution is 2.28. The minimum atomic E-state index is -4.11. The van der Waals surface area contributed by atoms with Crippen LogP contribution in [0.2, 0.25) is 0 Å². The van der Waals surface area contributed by atoms with Crippen molar-refractivity contribution < 1.29 is 18.0 Å². The Morgan fingerprint density at radius 1 is 1.38 bits per heavy atom. The molecule has 0 aromatic heterocycles. The molecular weight excluding hydrogens is 183 g/mol. The van der Waals surface area contributed by atoms with Crippen LogP contribution in [0.5, 0.6) is 0 Å². The number of alkyl halides is 3. The molecule has 0 saturated heterocycles. The van der Waals surface area contributed by atoms with Gasteiger partial charge in [-0.15, -0.1) is 0 Å². The monoisotopic (exact) mass is 195 g/mol. The van der Waals surface area contributed by atoms with Crippen LogP contribution < -0.4 is 5.32 Å². The first-order valence-electron chi connectivity index (χ1n) is 4.33. The van der Waals surface area contributed by atoms with Gasteiger partial charge >= 0.3 is 6.18 Å². The van der Waals surface area contributed by atoms with Crippen LogP contribution >= 0.6 is 0 Å². The molecule has 0 radical (unpaired) electrons. The minimum absolute atomic E-state index is 0.0258. The number of carbonyl (C=O) groups excluding carboxylic acids is 1. The Balaban J connectivity index is 1.97. The SMILES string of the molecule is O=C(NCCCC(F)(F)F)C1CC1. The average molecular weight is 195 g/mol. The number of hydrogen-bond acceptors (Lipinski definition) is 1. The van der Waals surface area contributed by atoms with Crippen molar-refractivity contribution in [3.63, 3.8) is 0 Å². The fourth-order valence-corrected chi connectivity index (χ4v) is 0.990. The molecule has 0 bridgehead atoms. The van der Waals surface area contributed by atoms with Crippen molar-refractivity contribution in [1.82, 2.24) is 5.32 Å². The van der Waals surface area contributed by atoms with Crippen LogP contribution in [0.1, 0.15) is 25.7 Å². The molecule has 2 nitrogen and oxygen atoms in total. The topological polar surface area (TPSA) is 29.1 Å². The third-order valence-electron chi connectivity index (χ3n) is 1.88. The highest BCUT2D eigenvalue weighted by Gasteiger charge is 2.30. The second-order valence-corrected chi connectivity index (χ2v) is 3.28. The van der Waals surface area contributed by atoms with Crippen molar-refractivity contribution in [2.45, 2.75) is 31.9 Å². The second-order valence-electron chi connectivity index (χ2n) is 3.28. The molecule has 0 unspecified atom stereocenters. The van der Waals surface area contributed by atoms with Gasteiger partial charge in [0.25, 0.3) is 0 Å². The van der Waals surface area contributed by atoms with Crippen LogP contribution in [0.15, 0.2) is 0 Å². The normalized spacial score (nSPS) is 17.2. The van der Waals surface area contributed by atoms with E-state index in [1.807, 2.05) is 0 Å². The standard InChI is InChI=1S/C8H12F3NO/c9-8(10,11)4-1-5-12-7(13)6-2-3-6/h6H,1-5H2,(H,12,13). The van der Waals surface area contributed by atoms with E-state index in [1.54, 1.807) is 0 Å². The smallest absolute Gasteiger partial charge is 0.356 e. The lowest BCUT2D eigenvalue weighted by Crippen LogP contribution is -2.26. The summed E-state index contributed by atoms with van der Waals surface area (Å²) >= 11 is 0. The van der Waals surface area contributed by atoms with Gasteiger partial charge in [-0.1, -0.05) is 0 Å². The molecule has 76 valence electrons. The van der Waals surface area contributed by atoms with Gasteiger partial charge < -0.3 is 5.32 Å². The molecule has 0 aromatic rings. The molecule has 0 aliphatic heterocycles. The summed E-state index contributed by atoms with van der Waals surface area (Å²) < 4.78 is 34.9. The molecular formula is C8H12F3NO. The Labute approximate surface area is 74.5 Å². The fraction of sp³-hybridized carbons (Fsp3) is 0.875. The van der Waals surface area contributed by atoms with E-state index in [-0.39, 0.29) is 24.8 Å². The second kappa shape index (κ2) is 3.98. The highest BCUT2D eigenvalue weighted by molar-refractivity contribution is 5.80. The van der Waals surface area contributed by atoms with Crippen molar-refractivity contribution in [2.24, 2.45) is 5.92 Å². The third kappa shape index (κ3) is 4.75. The van der Waals surface area contributed by atoms with E-state index in [0.29, 0.717) is 0 Å². The van der Waals surface area contributed by atoms with Crippen LogP contribution in [0.4, 0.5) is 13.2 Å². The maximum atomic E-state index is 11.6. The van der Waals surface area contributed by atoms with Gasteiger partial charge in [-0.2, -0.15) is 13.2 Å². The maximum Gasteiger partial charge on any atom is 0.389 e. The third-order valence-corrected chi connectivity index (χ3v) is 1.88. The molecule has 1 N–H and O–H groups in total. The van der Waals surface area contributed by atoms with E-state index < -0.39 is 12.6 Å². The van der Waals surface area contributed by atoms with Crippen molar-refractivity contribution in [2.75, 3.05) is 6.54 Å². The van der Waals surface area contributed by atoms with Gasteiger partial charge in [0.15, 0.2) is 0 Å². The minimum Gasteiger partial charge on any atom is -0.356 e. The van der Waals surface area contributed by atoms with Crippen molar-refractivity contribution in [1.29, 1.82) is 0 Å². The number of nitrogens with one attached hydrogen (secondary N) is 1. The summed E-state index contributed by atoms with van der Waals surface area (Å²) in [5.74, 6) is -0.0203. The Morgan fingerprint density at radius 3 is 2.46 bits per heavy atom. The largest absolute Gasteiger partial charge is 0.389 e. The average Bonchev–Trinajstić information content (AvgIpc) is 2.77. The number of carbonyl (C=O) groups is 1. The summed E-state index contributed by atoms with van der Waals surface area (Å²) in [7, 11) is 0. The van der Waals surface area contributed by atoms with E-state index >= 15 is 0 Å². The molecule has 5 heteroatoms. The Kier molecular flexibility index (Phi) is 3.17. The predicted octanol–water partition coefficient (Wildman–Crippen LogP) is 1.86. The first-order valence-corrected chi connectivity index (χ1v) is 4.33. The quantitative estimate of drug-likeness (QED) is 0.681. The van der Waals surface area contributed by atoms with E-state index in [4.69, 9.17) is 0 Å². The summed E-state index contributed by atoms with van der Waals surface area (Å²) in [6.45, 7) is 0.134. The molecule has 0 atom stereocenters. The van der Waals surface area contributed by atoms with E-state index in [9.17, 15) is 18.0 Å². The zero-order chi connectivity index (χ0) is 9.90. The predicted molar refractivity (Wildman–Crippen MR) is 41.0 cm³/mol. The van der Waals surface area contributed by atoms with Crippen molar-refractivity contribution in [3.05, 3.63) is 0 Å². The fourth-order valence-electron chi connectivity index (χ4n) is 0.990. The first-order chi connectivity index (χ1) is 5.99. The lowest BCUT2D eigenvalue weighted by molar-refractivity contribution is -0.136. The van der Waals surface area contributed by atoms with Crippen LogP contribution in [-0.4, -0.2) is 18.6 Å². The summed E-state index contributed by atoms with van der Waals surface area (Å²) in [4.78, 5) is 10.9. The molecule has 1 saturated carbocycles. The first kappa shape index (κ1) is 10.3. The van der Waals surface area contributed by atoms with Gasteiger partial charge in [-0.3, -0.25) is 4.79 Å². The highest BCUT2D eigenvalue weighted by atomic mass is 19.4. The number of amides is 1. The van der Waals surface area contributed by atoms with E-state index in [0.717, 1.165) is 12.8 Å². The molecule has 0 spiro atoms. The lowest BCUT2D eigenvalue weighted by Gasteiger charge is -2.06. The number of hydrogen-bond donors (Lipinski definition) is 1. The van der Waals surface area contributed by atoms with Gasteiger partial charge in [-0.05, 0) is 19.3 Å². The zero-order valence-electron chi connectivity index (χ0n) is 7.16. The Bertz CT molecular complexity index is 186. The lowest BCUT2D eigenvalue weighted by atomic mass is 10.3. The van der Waals surface area contributed by atoms with Crippen LogP contribution in [0.25, 0.3) is 0 Å². The van der Waals surface area contributed by atoms with Crippen LogP contribution in [0, 0.1) is 5.92 Å². The number of halogens is 3. The van der Waals surface area contributed by atoms with Gasteiger partial charge in [-0.25, -0.2) is 0 Å². The Hall–Kier alpha value is -0.740. The molecule has 1 aliphatic rings. The zero-order valence-corrected chi connectivity index (χ0v) is 7.16. The van der Waals surface area contributed by atoms with Gasteiger partial charge in [0.2, 0.25) is 5.91 Å². The summed E-state index contributed by atoms with van der Waals surface area (Å²) in [5, 5.41) is 2.48. The van der Waals surface area contributed by atoms with Gasteiger partial charge in [0.05, 0.1) is 0 Å². The summed E-state index contributed by atoms with van der Waals surface area (Å²) in [6, 6.07) is 0. The van der Waals surface area contributed by atoms with E-state index in [1.165, 1.54) is 0 Å². The maximum absolute atomic E-state index is 11.6. The van der Waals surface area contributed by atoms with Crippen molar-refractivity contribution >= 4 is 5.91 Å². The molecule has 13 heavy (non-hydrogen) atoms. The molecule has 0 aromatic carbocycles. The van der Waals surface area contributed by atoms with Crippen LogP contribution in [-0.2, 0) is 4.79 Å². The molecule has 1 aliphatic carbocycles. The Morgan fingerprint density at radius 2 is 2.00 bits per heavy atom. The van der Waals surface area contributed by atoms with Gasteiger partial charge in [0.1, 0.15) is 0 Å². The summed E-state index contributed by atoms with van der Waals surface area (Å²) in [5.41, 5.74) is 0. The molecule has 1 fully saturated rings.